The first-order valence-corrected chi connectivity index (χ1v) is 9.39. The maximum atomic E-state index is 11.8. The van der Waals surface area contributed by atoms with E-state index in [1.165, 1.54) is 0 Å². The van der Waals surface area contributed by atoms with Crippen LogP contribution in [0.15, 0.2) is 12.1 Å². The Hall–Kier alpha value is -1.46. The molecular formula is C19H27ClN2O3. The van der Waals surface area contributed by atoms with Gasteiger partial charge in [0, 0.05) is 37.7 Å². The van der Waals surface area contributed by atoms with E-state index in [9.17, 15) is 4.79 Å². The zero-order valence-electron chi connectivity index (χ0n) is 15.1. The number of nitrogens with zero attached hydrogens (tertiary/aromatic N) is 2. The Labute approximate surface area is 154 Å². The molecule has 0 bridgehead atoms. The summed E-state index contributed by atoms with van der Waals surface area (Å²) >= 11 is 6.27. The molecule has 3 rings (SSSR count). The summed E-state index contributed by atoms with van der Waals surface area (Å²) in [6.07, 6.45) is 4.03. The standard InChI is InChI=1S/C19H27ClN2O3/c1-24-17-11-18(25-2)16(20)10-15(17)13-21-8-5-14(6-9-21)12-22-7-3-4-19(22)23/h10-11,14H,3-9,12-13H2,1-2H3. The molecule has 25 heavy (non-hydrogen) atoms. The topological polar surface area (TPSA) is 42.0 Å². The second-order valence-corrected chi connectivity index (χ2v) is 7.37. The van der Waals surface area contributed by atoms with E-state index in [4.69, 9.17) is 21.1 Å². The van der Waals surface area contributed by atoms with Gasteiger partial charge in [0.1, 0.15) is 11.5 Å². The van der Waals surface area contributed by atoms with Crippen LogP contribution in [0.4, 0.5) is 0 Å². The Balaban J connectivity index is 1.55. The highest BCUT2D eigenvalue weighted by atomic mass is 35.5. The molecule has 138 valence electrons. The predicted molar refractivity (Wildman–Crippen MR) is 98.4 cm³/mol. The molecule has 1 aromatic rings. The van der Waals surface area contributed by atoms with Crippen LogP contribution in [-0.4, -0.2) is 56.1 Å². The third-order valence-corrected chi connectivity index (χ3v) is 5.60. The van der Waals surface area contributed by atoms with Crippen LogP contribution in [0.3, 0.4) is 0 Å². The van der Waals surface area contributed by atoms with Gasteiger partial charge < -0.3 is 14.4 Å². The molecule has 0 unspecified atom stereocenters. The van der Waals surface area contributed by atoms with Crippen molar-refractivity contribution < 1.29 is 14.3 Å². The third kappa shape index (κ3) is 4.39. The van der Waals surface area contributed by atoms with E-state index in [2.05, 4.69) is 4.90 Å². The highest BCUT2D eigenvalue weighted by molar-refractivity contribution is 6.32. The van der Waals surface area contributed by atoms with E-state index >= 15 is 0 Å². The molecule has 0 saturated carbocycles. The van der Waals surface area contributed by atoms with Gasteiger partial charge >= 0.3 is 0 Å². The molecule has 0 N–H and O–H groups in total. The molecule has 2 saturated heterocycles. The second kappa shape index (κ2) is 8.28. The largest absolute Gasteiger partial charge is 0.496 e. The van der Waals surface area contributed by atoms with Crippen molar-refractivity contribution in [1.82, 2.24) is 9.80 Å². The van der Waals surface area contributed by atoms with E-state index in [-0.39, 0.29) is 0 Å². The third-order valence-electron chi connectivity index (χ3n) is 5.31. The number of methoxy groups -OCH3 is 2. The van der Waals surface area contributed by atoms with Crippen molar-refractivity contribution in [3.63, 3.8) is 0 Å². The first kappa shape index (κ1) is 18.3. The summed E-state index contributed by atoms with van der Waals surface area (Å²) in [4.78, 5) is 16.3. The molecule has 0 aromatic heterocycles. The lowest BCUT2D eigenvalue weighted by Gasteiger charge is -2.34. The van der Waals surface area contributed by atoms with E-state index < -0.39 is 0 Å². The summed E-state index contributed by atoms with van der Waals surface area (Å²) in [5.74, 6) is 2.40. The van der Waals surface area contributed by atoms with Crippen LogP contribution in [0.1, 0.15) is 31.2 Å². The molecule has 6 heteroatoms. The first-order chi connectivity index (χ1) is 12.1. The van der Waals surface area contributed by atoms with Crippen molar-refractivity contribution in [3.05, 3.63) is 22.7 Å². The lowest BCUT2D eigenvalue weighted by atomic mass is 9.96. The SMILES string of the molecule is COc1cc(OC)c(CN2CCC(CN3CCCC3=O)CC2)cc1Cl. The van der Waals surface area contributed by atoms with Gasteiger partial charge in [-0.25, -0.2) is 0 Å². The molecule has 2 heterocycles. The predicted octanol–water partition coefficient (Wildman–Crippen LogP) is 3.19. The summed E-state index contributed by atoms with van der Waals surface area (Å²) in [6, 6.07) is 3.79. The highest BCUT2D eigenvalue weighted by Gasteiger charge is 2.26. The number of piperidine rings is 1. The maximum absolute atomic E-state index is 11.8. The van der Waals surface area contributed by atoms with Crippen LogP contribution < -0.4 is 9.47 Å². The van der Waals surface area contributed by atoms with Crippen molar-refractivity contribution in [2.75, 3.05) is 40.4 Å². The number of amides is 1. The van der Waals surface area contributed by atoms with Gasteiger partial charge in [0.05, 0.1) is 19.2 Å². The zero-order chi connectivity index (χ0) is 17.8. The molecule has 1 amide bonds. The van der Waals surface area contributed by atoms with Crippen molar-refractivity contribution >= 4 is 17.5 Å². The fourth-order valence-electron chi connectivity index (χ4n) is 3.82. The Morgan fingerprint density at radius 1 is 1.12 bits per heavy atom. The van der Waals surface area contributed by atoms with Gasteiger partial charge in [-0.05, 0) is 44.3 Å². The zero-order valence-corrected chi connectivity index (χ0v) is 15.8. The Morgan fingerprint density at radius 3 is 2.44 bits per heavy atom. The number of ether oxygens (including phenoxy) is 2. The van der Waals surface area contributed by atoms with Crippen LogP contribution in [0.2, 0.25) is 5.02 Å². The number of carbonyl (C=O) groups excluding carboxylic acids is 1. The molecule has 0 spiro atoms. The van der Waals surface area contributed by atoms with Gasteiger partial charge in [-0.15, -0.1) is 0 Å². The quantitative estimate of drug-likeness (QED) is 0.775. The average molecular weight is 367 g/mol. The van der Waals surface area contributed by atoms with Crippen molar-refractivity contribution in [1.29, 1.82) is 0 Å². The summed E-state index contributed by atoms with van der Waals surface area (Å²) in [7, 11) is 3.28. The maximum Gasteiger partial charge on any atom is 0.222 e. The van der Waals surface area contributed by atoms with Crippen LogP contribution in [0.5, 0.6) is 11.5 Å². The number of hydrogen-bond acceptors (Lipinski definition) is 4. The molecule has 0 radical (unpaired) electrons. The van der Waals surface area contributed by atoms with Crippen LogP contribution in [0.25, 0.3) is 0 Å². The first-order valence-electron chi connectivity index (χ1n) is 9.01. The van der Waals surface area contributed by atoms with Crippen LogP contribution in [-0.2, 0) is 11.3 Å². The Bertz CT molecular complexity index is 615. The normalized spacial score (nSPS) is 19.5. The Kier molecular flexibility index (Phi) is 6.07. The van der Waals surface area contributed by atoms with E-state index in [0.29, 0.717) is 22.6 Å². The summed E-state index contributed by atoms with van der Waals surface area (Å²) in [6.45, 7) is 4.78. The summed E-state index contributed by atoms with van der Waals surface area (Å²) in [5, 5.41) is 0.612. The molecule has 2 aliphatic rings. The van der Waals surface area contributed by atoms with Crippen LogP contribution >= 0.6 is 11.6 Å². The molecular weight excluding hydrogens is 340 g/mol. The second-order valence-electron chi connectivity index (χ2n) is 6.96. The molecule has 1 aromatic carbocycles. The minimum Gasteiger partial charge on any atom is -0.496 e. The van der Waals surface area contributed by atoms with Crippen molar-refractivity contribution in [2.45, 2.75) is 32.2 Å². The number of halogens is 1. The fourth-order valence-corrected chi connectivity index (χ4v) is 4.09. The number of benzene rings is 1. The summed E-state index contributed by atoms with van der Waals surface area (Å²) < 4.78 is 10.8. The van der Waals surface area contributed by atoms with E-state index in [0.717, 1.165) is 69.7 Å². The minimum absolute atomic E-state index is 0.333. The molecule has 5 nitrogen and oxygen atoms in total. The highest BCUT2D eigenvalue weighted by Crippen LogP contribution is 2.34. The monoisotopic (exact) mass is 366 g/mol. The number of likely N-dealkylation sites (tertiary alicyclic amines) is 2. The molecule has 0 atom stereocenters. The van der Waals surface area contributed by atoms with Gasteiger partial charge in [0.25, 0.3) is 0 Å². The van der Waals surface area contributed by atoms with Gasteiger partial charge in [-0.2, -0.15) is 0 Å². The number of rotatable bonds is 6. The minimum atomic E-state index is 0.333. The van der Waals surface area contributed by atoms with Gasteiger partial charge in [-0.3, -0.25) is 9.69 Å². The van der Waals surface area contributed by atoms with Crippen molar-refractivity contribution in [2.24, 2.45) is 5.92 Å². The molecule has 2 aliphatic heterocycles. The lowest BCUT2D eigenvalue weighted by molar-refractivity contribution is -0.128. The number of hydrogen-bond donors (Lipinski definition) is 0. The van der Waals surface area contributed by atoms with E-state index in [1.807, 2.05) is 17.0 Å². The Morgan fingerprint density at radius 2 is 1.84 bits per heavy atom. The van der Waals surface area contributed by atoms with Gasteiger partial charge in [0.15, 0.2) is 0 Å². The summed E-state index contributed by atoms with van der Waals surface area (Å²) in [5.41, 5.74) is 1.08. The van der Waals surface area contributed by atoms with Crippen LogP contribution in [0, 0.1) is 5.92 Å². The molecule has 0 aliphatic carbocycles. The smallest absolute Gasteiger partial charge is 0.222 e. The number of carbonyl (C=O) groups is 1. The lowest BCUT2D eigenvalue weighted by Crippen LogP contribution is -2.38. The molecule has 2 fully saturated rings. The van der Waals surface area contributed by atoms with Gasteiger partial charge in [0.2, 0.25) is 5.91 Å². The van der Waals surface area contributed by atoms with Gasteiger partial charge in [-0.1, -0.05) is 11.6 Å². The fraction of sp³-hybridized carbons (Fsp3) is 0.632. The average Bonchev–Trinajstić information content (AvgIpc) is 3.02. The van der Waals surface area contributed by atoms with E-state index in [1.54, 1.807) is 14.2 Å². The van der Waals surface area contributed by atoms with Crippen molar-refractivity contribution in [3.8, 4) is 11.5 Å².